The Labute approximate surface area is 154 Å². The third kappa shape index (κ3) is 3.31. The number of benzene rings is 1. The lowest BCUT2D eigenvalue weighted by atomic mass is 10.1. The molecule has 3 heterocycles. The maximum Gasteiger partial charge on any atom is 0.248 e. The summed E-state index contributed by atoms with van der Waals surface area (Å²) in [7, 11) is 0. The number of rotatable bonds is 3. The highest BCUT2D eigenvalue weighted by atomic mass is 32.2. The number of anilines is 1. The van der Waals surface area contributed by atoms with E-state index in [1.807, 2.05) is 0 Å². The van der Waals surface area contributed by atoms with Crippen LogP contribution in [-0.2, 0) is 14.4 Å². The molecule has 0 radical (unpaired) electrons. The minimum absolute atomic E-state index is 0.118. The van der Waals surface area contributed by atoms with Crippen LogP contribution in [0.4, 0.5) is 5.69 Å². The number of thioether (sulfide) groups is 1. The lowest BCUT2D eigenvalue weighted by Crippen LogP contribution is -2.50. The summed E-state index contributed by atoms with van der Waals surface area (Å²) in [4.78, 5) is 38.2. The third-order valence-electron chi connectivity index (χ3n) is 4.57. The van der Waals surface area contributed by atoms with Gasteiger partial charge < -0.3 is 25.0 Å². The molecule has 3 aliphatic rings. The van der Waals surface area contributed by atoms with Crippen molar-refractivity contribution < 1.29 is 23.9 Å². The van der Waals surface area contributed by atoms with Crippen molar-refractivity contribution in [3.63, 3.8) is 0 Å². The lowest BCUT2D eigenvalue weighted by molar-refractivity contribution is -0.138. The predicted octanol–water partition coefficient (Wildman–Crippen LogP) is 0.576. The highest BCUT2D eigenvalue weighted by Gasteiger charge is 2.39. The van der Waals surface area contributed by atoms with Gasteiger partial charge in [0.25, 0.3) is 0 Å². The van der Waals surface area contributed by atoms with Crippen molar-refractivity contribution in [2.75, 3.05) is 30.2 Å². The molecular weight excluding hydrogens is 358 g/mol. The molecule has 0 aromatic heterocycles. The minimum Gasteiger partial charge on any atom is -0.486 e. The molecule has 4 rings (SSSR count). The molecule has 2 N–H and O–H groups in total. The van der Waals surface area contributed by atoms with Gasteiger partial charge in [-0.1, -0.05) is 0 Å². The van der Waals surface area contributed by atoms with E-state index in [9.17, 15) is 14.4 Å². The van der Waals surface area contributed by atoms with E-state index in [0.29, 0.717) is 54.9 Å². The highest BCUT2D eigenvalue weighted by molar-refractivity contribution is 7.99. The third-order valence-corrected chi connectivity index (χ3v) is 5.58. The topological polar surface area (TPSA) is 97.0 Å². The molecule has 0 aliphatic carbocycles. The summed E-state index contributed by atoms with van der Waals surface area (Å²) in [6.07, 6.45) is 0.834. The number of amides is 3. The van der Waals surface area contributed by atoms with Crippen LogP contribution in [0.15, 0.2) is 18.2 Å². The number of carbonyl (C=O) groups is 3. The van der Waals surface area contributed by atoms with Crippen LogP contribution in [0.5, 0.6) is 11.5 Å². The van der Waals surface area contributed by atoms with Crippen LogP contribution in [0.3, 0.4) is 0 Å². The number of nitrogens with one attached hydrogen (secondary N) is 2. The predicted molar refractivity (Wildman–Crippen MR) is 95.2 cm³/mol. The second-order valence-electron chi connectivity index (χ2n) is 6.33. The molecule has 8 nitrogen and oxygen atoms in total. The summed E-state index contributed by atoms with van der Waals surface area (Å²) in [5.41, 5.74) is 0.595. The van der Waals surface area contributed by atoms with E-state index in [-0.39, 0.29) is 17.7 Å². The van der Waals surface area contributed by atoms with Crippen LogP contribution in [0, 0.1) is 0 Å². The molecule has 2 saturated heterocycles. The average Bonchev–Trinajstić information content (AvgIpc) is 3.30. The Hall–Kier alpha value is -2.42. The zero-order valence-electron chi connectivity index (χ0n) is 14.0. The monoisotopic (exact) mass is 377 g/mol. The van der Waals surface area contributed by atoms with Crippen molar-refractivity contribution in [1.82, 2.24) is 10.2 Å². The van der Waals surface area contributed by atoms with Gasteiger partial charge in [0.15, 0.2) is 11.5 Å². The maximum atomic E-state index is 12.7. The van der Waals surface area contributed by atoms with Crippen LogP contribution >= 0.6 is 11.8 Å². The molecule has 2 atom stereocenters. The molecule has 26 heavy (non-hydrogen) atoms. The smallest absolute Gasteiger partial charge is 0.248 e. The Bertz CT molecular complexity index is 756. The molecule has 0 unspecified atom stereocenters. The van der Waals surface area contributed by atoms with Crippen LogP contribution in [0.1, 0.15) is 12.8 Å². The van der Waals surface area contributed by atoms with Gasteiger partial charge in [0.2, 0.25) is 17.7 Å². The average molecular weight is 377 g/mol. The second-order valence-corrected chi connectivity index (χ2v) is 7.33. The first-order chi connectivity index (χ1) is 12.6. The lowest BCUT2D eigenvalue weighted by Gasteiger charge is -2.26. The Kier molecular flexibility index (Phi) is 4.62. The van der Waals surface area contributed by atoms with Crippen molar-refractivity contribution in [2.45, 2.75) is 24.9 Å². The normalized spacial score (nSPS) is 24.3. The van der Waals surface area contributed by atoms with Crippen molar-refractivity contribution in [3.8, 4) is 11.5 Å². The van der Waals surface area contributed by atoms with Crippen molar-refractivity contribution in [1.29, 1.82) is 0 Å². The highest BCUT2D eigenvalue weighted by Crippen LogP contribution is 2.33. The van der Waals surface area contributed by atoms with Crippen LogP contribution in [0.2, 0.25) is 0 Å². The molecule has 1 aromatic carbocycles. The first-order valence-electron chi connectivity index (χ1n) is 8.50. The Morgan fingerprint density at radius 2 is 2.04 bits per heavy atom. The summed E-state index contributed by atoms with van der Waals surface area (Å²) in [5.74, 6) is 1.67. The number of ether oxygens (including phenoxy) is 2. The van der Waals surface area contributed by atoms with Gasteiger partial charge in [-0.25, -0.2) is 0 Å². The van der Waals surface area contributed by atoms with E-state index in [1.54, 1.807) is 23.1 Å². The van der Waals surface area contributed by atoms with E-state index in [4.69, 9.17) is 9.47 Å². The van der Waals surface area contributed by atoms with Crippen LogP contribution < -0.4 is 20.1 Å². The summed E-state index contributed by atoms with van der Waals surface area (Å²) >= 11 is 1.53. The van der Waals surface area contributed by atoms with Crippen molar-refractivity contribution in [2.24, 2.45) is 0 Å². The molecule has 0 bridgehead atoms. The summed E-state index contributed by atoms with van der Waals surface area (Å²) in [6.45, 7) is 0.978. The van der Waals surface area contributed by atoms with Crippen molar-refractivity contribution in [3.05, 3.63) is 18.2 Å². The van der Waals surface area contributed by atoms with E-state index in [1.165, 1.54) is 11.8 Å². The Morgan fingerprint density at radius 3 is 2.81 bits per heavy atom. The fourth-order valence-corrected chi connectivity index (χ4v) is 4.39. The summed E-state index contributed by atoms with van der Waals surface area (Å²) < 4.78 is 11.0. The summed E-state index contributed by atoms with van der Waals surface area (Å²) in [5, 5.41) is 5.52. The van der Waals surface area contributed by atoms with E-state index < -0.39 is 12.1 Å². The molecule has 0 saturated carbocycles. The molecule has 2 fully saturated rings. The quantitative estimate of drug-likeness (QED) is 0.800. The van der Waals surface area contributed by atoms with E-state index in [2.05, 4.69) is 10.6 Å². The fourth-order valence-electron chi connectivity index (χ4n) is 3.22. The molecule has 1 aromatic rings. The van der Waals surface area contributed by atoms with Gasteiger partial charge in [-0.2, -0.15) is 0 Å². The number of nitrogens with zero attached hydrogens (tertiary/aromatic N) is 1. The number of hydrogen-bond acceptors (Lipinski definition) is 6. The van der Waals surface area contributed by atoms with Crippen LogP contribution in [-0.4, -0.2) is 59.5 Å². The van der Waals surface area contributed by atoms with Gasteiger partial charge in [0.05, 0.1) is 5.88 Å². The number of hydrogen-bond donors (Lipinski definition) is 2. The SMILES string of the molecule is O=C1CC[C@H](C(=O)N2CSC[C@H]2C(=O)Nc2ccc3c(c2)OCCO3)N1. The zero-order chi connectivity index (χ0) is 18.1. The molecule has 138 valence electrons. The maximum absolute atomic E-state index is 12.7. The van der Waals surface area contributed by atoms with Gasteiger partial charge in [0.1, 0.15) is 25.3 Å². The molecule has 3 aliphatic heterocycles. The Morgan fingerprint density at radius 1 is 1.23 bits per heavy atom. The number of fused-ring (bicyclic) bond motifs is 1. The number of carbonyl (C=O) groups excluding carboxylic acids is 3. The van der Waals surface area contributed by atoms with Crippen LogP contribution in [0.25, 0.3) is 0 Å². The van der Waals surface area contributed by atoms with Gasteiger partial charge in [-0.05, 0) is 18.6 Å². The van der Waals surface area contributed by atoms with E-state index in [0.717, 1.165) is 0 Å². The molecule has 0 spiro atoms. The zero-order valence-corrected chi connectivity index (χ0v) is 14.8. The first-order valence-corrected chi connectivity index (χ1v) is 9.65. The molecule has 9 heteroatoms. The largest absolute Gasteiger partial charge is 0.486 e. The van der Waals surface area contributed by atoms with E-state index >= 15 is 0 Å². The first kappa shape index (κ1) is 17.0. The fraction of sp³-hybridized carbons (Fsp3) is 0.471. The summed E-state index contributed by atoms with van der Waals surface area (Å²) in [6, 6.07) is 4.14. The standard InChI is InChI=1S/C17H19N3O5S/c21-15-4-2-11(19-15)17(23)20-9-26-8-12(20)16(22)18-10-1-3-13-14(7-10)25-6-5-24-13/h1,3,7,11-12H,2,4-6,8-9H2,(H,18,22)(H,19,21)/t11-,12+/m1/s1. The second kappa shape index (κ2) is 7.06. The van der Waals surface area contributed by atoms with Gasteiger partial charge in [-0.3, -0.25) is 14.4 Å². The van der Waals surface area contributed by atoms with Crippen molar-refractivity contribution >= 4 is 35.2 Å². The van der Waals surface area contributed by atoms with Gasteiger partial charge >= 0.3 is 0 Å². The minimum atomic E-state index is -0.557. The molecular formula is C17H19N3O5S. The van der Waals surface area contributed by atoms with Gasteiger partial charge in [0, 0.05) is 23.9 Å². The Balaban J connectivity index is 1.43. The molecule has 3 amide bonds. The van der Waals surface area contributed by atoms with Gasteiger partial charge in [-0.15, -0.1) is 11.8 Å².